The minimum atomic E-state index is -0.616. The highest BCUT2D eigenvalue weighted by Gasteiger charge is 2.17. The molecule has 3 N–H and O–H groups in total. The van der Waals surface area contributed by atoms with E-state index in [-0.39, 0.29) is 23.8 Å². The molecular formula is C24H19N5O4S. The number of aromatic amines is 1. The lowest BCUT2D eigenvalue weighted by molar-refractivity contribution is -0.125. The molecule has 4 rings (SSSR count). The van der Waals surface area contributed by atoms with Crippen molar-refractivity contribution in [2.24, 2.45) is 5.16 Å². The van der Waals surface area contributed by atoms with Crippen LogP contribution < -0.4 is 10.9 Å². The van der Waals surface area contributed by atoms with E-state index >= 15 is 0 Å². The van der Waals surface area contributed by atoms with Crippen LogP contribution in [0.15, 0.2) is 64.0 Å². The molecule has 0 bridgehead atoms. The largest absolute Gasteiger partial charge is 0.506 e. The molecule has 3 heterocycles. The average molecular weight is 474 g/mol. The van der Waals surface area contributed by atoms with Gasteiger partial charge in [-0.05, 0) is 23.3 Å². The summed E-state index contributed by atoms with van der Waals surface area (Å²) in [7, 11) is 0. The Kier molecular flexibility index (Phi) is 6.95. The molecule has 0 saturated heterocycles. The predicted molar refractivity (Wildman–Crippen MR) is 129 cm³/mol. The second kappa shape index (κ2) is 10.4. The molecule has 4 aromatic rings. The number of hydrogen-bond acceptors (Lipinski definition) is 8. The zero-order valence-electron chi connectivity index (χ0n) is 17.8. The molecule has 3 aromatic heterocycles. The number of carbonyl (C=O) groups excluding carboxylic acids is 1. The second-order valence-corrected chi connectivity index (χ2v) is 8.07. The average Bonchev–Trinajstić information content (AvgIpc) is 3.27. The normalized spacial score (nSPS) is 10.9. The molecule has 0 aliphatic carbocycles. The van der Waals surface area contributed by atoms with E-state index in [1.165, 1.54) is 17.6 Å². The topological polar surface area (TPSA) is 140 Å². The van der Waals surface area contributed by atoms with Gasteiger partial charge in [0.05, 0.1) is 11.6 Å². The van der Waals surface area contributed by atoms with Crippen molar-refractivity contribution in [3.63, 3.8) is 0 Å². The van der Waals surface area contributed by atoms with Gasteiger partial charge >= 0.3 is 0 Å². The molecule has 1 amide bonds. The van der Waals surface area contributed by atoms with Crippen molar-refractivity contribution in [2.75, 3.05) is 13.2 Å². The number of nitriles is 1. The van der Waals surface area contributed by atoms with Crippen LogP contribution in [0.5, 0.6) is 5.75 Å². The van der Waals surface area contributed by atoms with Gasteiger partial charge in [-0.1, -0.05) is 35.5 Å². The number of rotatable bonds is 8. The van der Waals surface area contributed by atoms with Crippen molar-refractivity contribution in [3.05, 3.63) is 81.2 Å². The third-order valence-electron chi connectivity index (χ3n) is 4.95. The number of benzene rings is 1. The van der Waals surface area contributed by atoms with E-state index in [0.717, 1.165) is 16.8 Å². The van der Waals surface area contributed by atoms with Crippen LogP contribution in [0.4, 0.5) is 0 Å². The number of hydrogen-bond donors (Lipinski definition) is 3. The zero-order valence-corrected chi connectivity index (χ0v) is 18.6. The number of nitrogens with one attached hydrogen (secondary N) is 2. The van der Waals surface area contributed by atoms with Crippen LogP contribution in [0.2, 0.25) is 0 Å². The lowest BCUT2D eigenvalue weighted by Gasteiger charge is -2.04. The summed E-state index contributed by atoms with van der Waals surface area (Å²) in [6.07, 6.45) is 3.83. The van der Waals surface area contributed by atoms with Gasteiger partial charge in [0.25, 0.3) is 11.5 Å². The van der Waals surface area contributed by atoms with Gasteiger partial charge in [-0.2, -0.15) is 5.26 Å². The Morgan fingerprint density at radius 3 is 2.85 bits per heavy atom. The first-order chi connectivity index (χ1) is 16.6. The minimum Gasteiger partial charge on any atom is -0.506 e. The Hall–Kier alpha value is -4.49. The molecule has 0 spiro atoms. The fraction of sp³-hybridized carbons (Fsp3) is 0.125. The molecule has 10 heteroatoms. The molecule has 9 nitrogen and oxygen atoms in total. The summed E-state index contributed by atoms with van der Waals surface area (Å²) < 4.78 is 0. The number of H-pyrrole nitrogens is 1. The quantitative estimate of drug-likeness (QED) is 0.265. The smallest absolute Gasteiger partial charge is 0.270 e. The SMILES string of the molecule is N#Cc1c(O)c2c(-c3ccc(/C=N/OCC(=O)NCCc4ccccn4)cc3)csc2[nH]c1=O. The van der Waals surface area contributed by atoms with E-state index in [2.05, 4.69) is 20.4 Å². The Labute approximate surface area is 198 Å². The first kappa shape index (κ1) is 22.7. The molecule has 0 radical (unpaired) electrons. The van der Waals surface area contributed by atoms with E-state index in [0.29, 0.717) is 28.7 Å². The third kappa shape index (κ3) is 5.11. The first-order valence-electron chi connectivity index (χ1n) is 10.3. The van der Waals surface area contributed by atoms with Crippen molar-refractivity contribution in [3.8, 4) is 22.9 Å². The number of pyridine rings is 2. The van der Waals surface area contributed by atoms with Crippen molar-refractivity contribution in [2.45, 2.75) is 6.42 Å². The summed E-state index contributed by atoms with van der Waals surface area (Å²) in [6.45, 7) is 0.261. The first-order valence-corrected chi connectivity index (χ1v) is 11.1. The highest BCUT2D eigenvalue weighted by Crippen LogP contribution is 2.38. The van der Waals surface area contributed by atoms with Crippen LogP contribution in [-0.2, 0) is 16.1 Å². The Balaban J connectivity index is 1.33. The third-order valence-corrected chi connectivity index (χ3v) is 5.85. The number of thiophene rings is 1. The lowest BCUT2D eigenvalue weighted by Crippen LogP contribution is -2.29. The Morgan fingerprint density at radius 1 is 1.29 bits per heavy atom. The fourth-order valence-electron chi connectivity index (χ4n) is 3.27. The van der Waals surface area contributed by atoms with E-state index < -0.39 is 5.56 Å². The van der Waals surface area contributed by atoms with Gasteiger partial charge in [-0.3, -0.25) is 14.6 Å². The van der Waals surface area contributed by atoms with E-state index in [9.17, 15) is 14.7 Å². The monoisotopic (exact) mass is 473 g/mol. The van der Waals surface area contributed by atoms with Crippen LogP contribution in [0, 0.1) is 11.3 Å². The number of oxime groups is 1. The maximum atomic E-state index is 11.9. The summed E-state index contributed by atoms with van der Waals surface area (Å²) in [5.74, 6) is -0.600. The van der Waals surface area contributed by atoms with Crippen molar-refractivity contribution in [1.82, 2.24) is 15.3 Å². The molecule has 1 aromatic carbocycles. The Bertz CT molecular complexity index is 1440. The molecule has 0 unspecified atom stereocenters. The maximum absolute atomic E-state index is 11.9. The number of aromatic nitrogens is 2. The van der Waals surface area contributed by atoms with Gasteiger partial charge < -0.3 is 20.2 Å². The molecule has 0 aliphatic heterocycles. The summed E-state index contributed by atoms with van der Waals surface area (Å²) in [5.41, 5.74) is 2.21. The second-order valence-electron chi connectivity index (χ2n) is 7.19. The molecule has 170 valence electrons. The number of aromatic hydroxyl groups is 1. The number of carbonyl (C=O) groups is 1. The highest BCUT2D eigenvalue weighted by molar-refractivity contribution is 7.17. The predicted octanol–water partition coefficient (Wildman–Crippen LogP) is 2.94. The van der Waals surface area contributed by atoms with Gasteiger partial charge in [0.2, 0.25) is 0 Å². The van der Waals surface area contributed by atoms with Gasteiger partial charge in [0.15, 0.2) is 12.2 Å². The van der Waals surface area contributed by atoms with Crippen LogP contribution >= 0.6 is 11.3 Å². The Morgan fingerprint density at radius 2 is 2.12 bits per heavy atom. The molecule has 0 saturated carbocycles. The molecule has 0 atom stereocenters. The number of amides is 1. The highest BCUT2D eigenvalue weighted by atomic mass is 32.1. The van der Waals surface area contributed by atoms with Crippen LogP contribution in [0.1, 0.15) is 16.8 Å². The standard InChI is InChI=1S/C24H19N5O4S/c25-11-18-22(31)21-19(14-34-24(21)29-23(18)32)16-6-4-15(5-7-16)12-28-33-13-20(30)27-10-8-17-3-1-2-9-26-17/h1-7,9,12,14H,8,10,13H2,(H,27,30)(H2,29,31,32)/b28-12+. The summed E-state index contributed by atoms with van der Waals surface area (Å²) >= 11 is 1.27. The van der Waals surface area contributed by atoms with E-state index in [1.807, 2.05) is 30.3 Å². The molecule has 0 fully saturated rings. The molecule has 34 heavy (non-hydrogen) atoms. The van der Waals surface area contributed by atoms with Crippen molar-refractivity contribution in [1.29, 1.82) is 5.26 Å². The summed E-state index contributed by atoms with van der Waals surface area (Å²) in [4.78, 5) is 36.1. The summed E-state index contributed by atoms with van der Waals surface area (Å²) in [6, 6.07) is 14.6. The van der Waals surface area contributed by atoms with Gasteiger partial charge in [-0.25, -0.2) is 0 Å². The fourth-order valence-corrected chi connectivity index (χ4v) is 4.23. The molecular weight excluding hydrogens is 454 g/mol. The lowest BCUT2D eigenvalue weighted by atomic mass is 10.0. The van der Waals surface area contributed by atoms with Crippen LogP contribution in [0.3, 0.4) is 0 Å². The van der Waals surface area contributed by atoms with E-state index in [1.54, 1.807) is 29.8 Å². The van der Waals surface area contributed by atoms with Gasteiger partial charge in [0.1, 0.15) is 16.6 Å². The van der Waals surface area contributed by atoms with Crippen molar-refractivity contribution >= 4 is 33.7 Å². The molecule has 0 aliphatic rings. The van der Waals surface area contributed by atoms with Crippen LogP contribution in [-0.4, -0.2) is 40.3 Å². The van der Waals surface area contributed by atoms with E-state index in [4.69, 9.17) is 10.1 Å². The number of nitrogens with zero attached hydrogens (tertiary/aromatic N) is 3. The van der Waals surface area contributed by atoms with Gasteiger partial charge in [0, 0.05) is 35.8 Å². The van der Waals surface area contributed by atoms with Crippen molar-refractivity contribution < 1.29 is 14.7 Å². The van der Waals surface area contributed by atoms with Crippen LogP contribution in [0.25, 0.3) is 21.3 Å². The zero-order chi connectivity index (χ0) is 23.9. The summed E-state index contributed by atoms with van der Waals surface area (Å²) in [5, 5.41) is 28.4. The number of fused-ring (bicyclic) bond motifs is 1. The van der Waals surface area contributed by atoms with Gasteiger partial charge in [-0.15, -0.1) is 11.3 Å². The maximum Gasteiger partial charge on any atom is 0.270 e. The minimum absolute atomic E-state index is 0.198.